The monoisotopic (exact) mass is 286 g/mol. The summed E-state index contributed by atoms with van der Waals surface area (Å²) in [7, 11) is 0. The number of hydrogen-bond donors (Lipinski definition) is 2. The van der Waals surface area contributed by atoms with E-state index >= 15 is 0 Å². The lowest BCUT2D eigenvalue weighted by molar-refractivity contribution is 0.251. The van der Waals surface area contributed by atoms with Gasteiger partial charge in [0.1, 0.15) is 5.82 Å². The molecule has 0 heterocycles. The molecule has 0 spiro atoms. The van der Waals surface area contributed by atoms with Gasteiger partial charge in [0.05, 0.1) is 0 Å². The molecule has 110 valence electrons. The molecule has 3 nitrogen and oxygen atoms in total. The van der Waals surface area contributed by atoms with Gasteiger partial charge in [-0.1, -0.05) is 44.2 Å². The number of hydrogen-bond acceptors (Lipinski definition) is 1. The molecule has 2 rings (SSSR count). The number of amides is 2. The van der Waals surface area contributed by atoms with Crippen molar-refractivity contribution in [3.8, 4) is 0 Å². The Kier molecular flexibility index (Phi) is 4.93. The van der Waals surface area contributed by atoms with Gasteiger partial charge in [0, 0.05) is 12.2 Å². The molecule has 0 unspecified atom stereocenters. The van der Waals surface area contributed by atoms with Crippen LogP contribution in [0, 0.1) is 5.82 Å². The number of halogens is 1. The minimum absolute atomic E-state index is 0.271. The van der Waals surface area contributed by atoms with Crippen LogP contribution in [0.4, 0.5) is 14.9 Å². The van der Waals surface area contributed by atoms with Crippen LogP contribution in [-0.4, -0.2) is 6.03 Å². The Morgan fingerprint density at radius 1 is 1.10 bits per heavy atom. The molecular formula is C17H19FN2O. The molecule has 0 aromatic heterocycles. The van der Waals surface area contributed by atoms with E-state index in [0.29, 0.717) is 12.5 Å². The van der Waals surface area contributed by atoms with E-state index < -0.39 is 0 Å². The van der Waals surface area contributed by atoms with Crippen LogP contribution in [0.15, 0.2) is 48.5 Å². The fourth-order valence-corrected chi connectivity index (χ4v) is 2.07. The van der Waals surface area contributed by atoms with Crippen molar-refractivity contribution in [3.63, 3.8) is 0 Å². The second-order valence-electron chi connectivity index (χ2n) is 5.18. The Morgan fingerprint density at radius 2 is 1.76 bits per heavy atom. The van der Waals surface area contributed by atoms with Crippen LogP contribution in [0.1, 0.15) is 30.9 Å². The molecule has 0 saturated carbocycles. The van der Waals surface area contributed by atoms with Gasteiger partial charge < -0.3 is 10.6 Å². The number of rotatable bonds is 4. The Hall–Kier alpha value is -2.36. The number of carbonyl (C=O) groups excluding carboxylic acids is 1. The highest BCUT2D eigenvalue weighted by molar-refractivity contribution is 5.90. The predicted octanol–water partition coefficient (Wildman–Crippen LogP) is 4.27. The topological polar surface area (TPSA) is 41.1 Å². The quantitative estimate of drug-likeness (QED) is 0.865. The van der Waals surface area contributed by atoms with E-state index in [-0.39, 0.29) is 11.8 Å². The zero-order valence-electron chi connectivity index (χ0n) is 12.2. The molecule has 0 aliphatic heterocycles. The smallest absolute Gasteiger partial charge is 0.319 e. The molecule has 0 aliphatic carbocycles. The molecule has 0 fully saturated rings. The first kappa shape index (κ1) is 15.0. The molecule has 0 radical (unpaired) electrons. The molecule has 2 aromatic rings. The number of para-hydroxylation sites is 1. The van der Waals surface area contributed by atoms with Gasteiger partial charge in [-0.2, -0.15) is 0 Å². The maximum Gasteiger partial charge on any atom is 0.319 e. The van der Waals surface area contributed by atoms with Gasteiger partial charge in [-0.05, 0) is 35.2 Å². The number of nitrogens with one attached hydrogen (secondary N) is 2. The van der Waals surface area contributed by atoms with Crippen LogP contribution < -0.4 is 10.6 Å². The molecule has 4 heteroatoms. The van der Waals surface area contributed by atoms with E-state index in [1.54, 1.807) is 12.1 Å². The fraction of sp³-hybridized carbons (Fsp3) is 0.235. The summed E-state index contributed by atoms with van der Waals surface area (Å²) in [6.45, 7) is 4.52. The van der Waals surface area contributed by atoms with E-state index in [1.807, 2.05) is 24.3 Å². The lowest BCUT2D eigenvalue weighted by Crippen LogP contribution is -2.28. The number of carbonyl (C=O) groups is 1. The first-order chi connectivity index (χ1) is 10.1. The standard InChI is InChI=1S/C17H19FN2O/c1-12(2)15-5-3-4-6-16(15)20-17(21)19-11-13-7-9-14(18)10-8-13/h3-10,12H,11H2,1-2H3,(H2,19,20,21). The highest BCUT2D eigenvalue weighted by Crippen LogP contribution is 2.23. The molecule has 0 bridgehead atoms. The summed E-state index contributed by atoms with van der Waals surface area (Å²) in [5, 5.41) is 5.61. The number of urea groups is 1. The Morgan fingerprint density at radius 3 is 2.43 bits per heavy atom. The van der Waals surface area contributed by atoms with Crippen molar-refractivity contribution >= 4 is 11.7 Å². The van der Waals surface area contributed by atoms with Gasteiger partial charge >= 0.3 is 6.03 Å². The van der Waals surface area contributed by atoms with Gasteiger partial charge in [0.25, 0.3) is 0 Å². The van der Waals surface area contributed by atoms with Crippen LogP contribution in [-0.2, 0) is 6.54 Å². The van der Waals surface area contributed by atoms with E-state index in [2.05, 4.69) is 24.5 Å². The summed E-state index contributed by atoms with van der Waals surface area (Å²) in [6, 6.07) is 13.5. The summed E-state index contributed by atoms with van der Waals surface area (Å²) in [6.07, 6.45) is 0. The van der Waals surface area contributed by atoms with Crippen LogP contribution in [0.3, 0.4) is 0 Å². The third kappa shape index (κ3) is 4.31. The Balaban J connectivity index is 1.94. The molecule has 0 saturated heterocycles. The largest absolute Gasteiger partial charge is 0.334 e. The summed E-state index contributed by atoms with van der Waals surface area (Å²) in [5.41, 5.74) is 2.75. The first-order valence-electron chi connectivity index (χ1n) is 6.94. The second kappa shape index (κ2) is 6.88. The lowest BCUT2D eigenvalue weighted by Gasteiger charge is -2.14. The van der Waals surface area contributed by atoms with E-state index in [4.69, 9.17) is 0 Å². The van der Waals surface area contributed by atoms with Crippen LogP contribution in [0.25, 0.3) is 0 Å². The SMILES string of the molecule is CC(C)c1ccccc1NC(=O)NCc1ccc(F)cc1. The molecule has 0 atom stereocenters. The molecule has 0 aliphatic rings. The van der Waals surface area contributed by atoms with Crippen molar-refractivity contribution in [1.29, 1.82) is 0 Å². The normalized spacial score (nSPS) is 10.5. The van der Waals surface area contributed by atoms with E-state index in [1.165, 1.54) is 12.1 Å². The molecule has 2 amide bonds. The van der Waals surface area contributed by atoms with Gasteiger partial charge in [-0.15, -0.1) is 0 Å². The van der Waals surface area contributed by atoms with Crippen molar-refractivity contribution in [3.05, 3.63) is 65.5 Å². The maximum absolute atomic E-state index is 12.8. The average Bonchev–Trinajstić information content (AvgIpc) is 2.47. The van der Waals surface area contributed by atoms with Crippen molar-refractivity contribution in [1.82, 2.24) is 5.32 Å². The highest BCUT2D eigenvalue weighted by atomic mass is 19.1. The first-order valence-corrected chi connectivity index (χ1v) is 6.94. The molecule has 2 N–H and O–H groups in total. The fourth-order valence-electron chi connectivity index (χ4n) is 2.07. The Bertz CT molecular complexity index is 608. The third-order valence-electron chi connectivity index (χ3n) is 3.20. The zero-order chi connectivity index (χ0) is 15.2. The predicted molar refractivity (Wildman–Crippen MR) is 82.8 cm³/mol. The summed E-state index contributed by atoms with van der Waals surface area (Å²) < 4.78 is 12.8. The van der Waals surface area contributed by atoms with Crippen LogP contribution >= 0.6 is 0 Å². The van der Waals surface area contributed by atoms with E-state index in [9.17, 15) is 9.18 Å². The van der Waals surface area contributed by atoms with Gasteiger partial charge in [-0.3, -0.25) is 0 Å². The lowest BCUT2D eigenvalue weighted by atomic mass is 10.0. The Labute approximate surface area is 124 Å². The van der Waals surface area contributed by atoms with Crippen molar-refractivity contribution in [2.75, 3.05) is 5.32 Å². The van der Waals surface area contributed by atoms with Crippen LogP contribution in [0.2, 0.25) is 0 Å². The third-order valence-corrected chi connectivity index (χ3v) is 3.20. The zero-order valence-corrected chi connectivity index (χ0v) is 12.2. The number of benzene rings is 2. The van der Waals surface area contributed by atoms with Gasteiger partial charge in [0.2, 0.25) is 0 Å². The molecule has 2 aromatic carbocycles. The van der Waals surface area contributed by atoms with Gasteiger partial charge in [0.15, 0.2) is 0 Å². The highest BCUT2D eigenvalue weighted by Gasteiger charge is 2.08. The summed E-state index contributed by atoms with van der Waals surface area (Å²) in [5.74, 6) is 0.0488. The van der Waals surface area contributed by atoms with E-state index in [0.717, 1.165) is 16.8 Å². The molecular weight excluding hydrogens is 267 g/mol. The van der Waals surface area contributed by atoms with Gasteiger partial charge in [-0.25, -0.2) is 9.18 Å². The average molecular weight is 286 g/mol. The van der Waals surface area contributed by atoms with Crippen LogP contribution in [0.5, 0.6) is 0 Å². The van der Waals surface area contributed by atoms with Crippen molar-refractivity contribution < 1.29 is 9.18 Å². The minimum atomic E-state index is -0.283. The second-order valence-corrected chi connectivity index (χ2v) is 5.18. The van der Waals surface area contributed by atoms with Crippen molar-refractivity contribution in [2.45, 2.75) is 26.3 Å². The van der Waals surface area contributed by atoms with Crippen molar-refractivity contribution in [2.24, 2.45) is 0 Å². The maximum atomic E-state index is 12.8. The number of anilines is 1. The summed E-state index contributed by atoms with van der Waals surface area (Å²) in [4.78, 5) is 11.9. The summed E-state index contributed by atoms with van der Waals surface area (Å²) >= 11 is 0. The minimum Gasteiger partial charge on any atom is -0.334 e. The molecule has 21 heavy (non-hydrogen) atoms.